The van der Waals surface area contributed by atoms with Gasteiger partial charge < -0.3 is 20.4 Å². The third-order valence-electron chi connectivity index (χ3n) is 3.16. The summed E-state index contributed by atoms with van der Waals surface area (Å²) in [6.07, 6.45) is 3.25. The van der Waals surface area contributed by atoms with Gasteiger partial charge in [0.1, 0.15) is 0 Å². The number of quaternary nitrogens is 1. The van der Waals surface area contributed by atoms with Gasteiger partial charge in [0, 0.05) is 18.8 Å². The number of carbonyl (C=O) groups is 1. The molecule has 7 heteroatoms. The first-order chi connectivity index (χ1) is 9.40. The Morgan fingerprint density at radius 3 is 2.95 bits per heavy atom. The van der Waals surface area contributed by atoms with E-state index in [2.05, 4.69) is 10.3 Å². The summed E-state index contributed by atoms with van der Waals surface area (Å²) in [6, 6.07) is 1.78. The van der Waals surface area contributed by atoms with E-state index in [9.17, 15) is 10.0 Å². The van der Waals surface area contributed by atoms with E-state index in [1.807, 2.05) is 25.9 Å². The molecule has 1 aromatic rings. The standard InChI is InChI=1S/C13H21N5O2/c1-9(7-16(2)3)15-13(19)11-8-17(4)18(20)12-10(11)5-6-14-12/h5-6,8-9,14,18H,7H2,1-4H3,(H,15,19). The van der Waals surface area contributed by atoms with E-state index in [1.165, 1.54) is 5.01 Å². The number of H-pyrrole nitrogens is 1. The Morgan fingerprint density at radius 1 is 1.60 bits per heavy atom. The van der Waals surface area contributed by atoms with Crippen molar-refractivity contribution in [3.63, 3.8) is 0 Å². The summed E-state index contributed by atoms with van der Waals surface area (Å²) in [7, 11) is 5.56. The van der Waals surface area contributed by atoms with E-state index in [1.54, 1.807) is 25.5 Å². The van der Waals surface area contributed by atoms with Crippen molar-refractivity contribution in [1.29, 1.82) is 0 Å². The number of likely N-dealkylation sites (N-methyl/N-ethyl adjacent to an activating group) is 1. The molecule has 2 heterocycles. The van der Waals surface area contributed by atoms with Gasteiger partial charge in [0.15, 0.2) is 0 Å². The zero-order chi connectivity index (χ0) is 14.9. The van der Waals surface area contributed by atoms with Crippen molar-refractivity contribution in [2.24, 2.45) is 0 Å². The highest BCUT2D eigenvalue weighted by atomic mass is 16.6. The van der Waals surface area contributed by atoms with Crippen LogP contribution in [0.25, 0.3) is 5.57 Å². The molecule has 7 nitrogen and oxygen atoms in total. The van der Waals surface area contributed by atoms with Crippen LogP contribution in [0, 0.1) is 5.21 Å². The molecule has 1 aromatic heterocycles. The van der Waals surface area contributed by atoms with Gasteiger partial charge in [-0.05, 0) is 27.1 Å². The van der Waals surface area contributed by atoms with Crippen LogP contribution in [-0.4, -0.2) is 54.5 Å². The molecule has 1 aliphatic heterocycles. The van der Waals surface area contributed by atoms with E-state index in [0.29, 0.717) is 17.0 Å². The van der Waals surface area contributed by atoms with Gasteiger partial charge in [-0.15, -0.1) is 0 Å². The number of nitrogens with zero attached hydrogens (tertiary/aromatic N) is 2. The van der Waals surface area contributed by atoms with Crippen LogP contribution >= 0.6 is 0 Å². The summed E-state index contributed by atoms with van der Waals surface area (Å²) < 4.78 is 0. The monoisotopic (exact) mass is 279 g/mol. The average Bonchev–Trinajstić information content (AvgIpc) is 2.81. The first kappa shape index (κ1) is 14.6. The van der Waals surface area contributed by atoms with Crippen molar-refractivity contribution in [1.82, 2.24) is 20.2 Å². The lowest BCUT2D eigenvalue weighted by molar-refractivity contribution is -0.901. The van der Waals surface area contributed by atoms with Crippen LogP contribution in [0.3, 0.4) is 0 Å². The maximum Gasteiger partial charge on any atom is 0.254 e. The largest absolute Gasteiger partial charge is 0.601 e. The Hall–Kier alpha value is -1.83. The van der Waals surface area contributed by atoms with Crippen LogP contribution in [0.2, 0.25) is 0 Å². The first-order valence-electron chi connectivity index (χ1n) is 6.52. The van der Waals surface area contributed by atoms with E-state index < -0.39 is 0 Å². The summed E-state index contributed by atoms with van der Waals surface area (Å²) in [4.78, 5) is 17.3. The zero-order valence-electron chi connectivity index (χ0n) is 12.2. The molecule has 0 saturated carbocycles. The molecular formula is C13H21N5O2. The number of hydrogen-bond donors (Lipinski definition) is 3. The predicted molar refractivity (Wildman–Crippen MR) is 76.7 cm³/mol. The average molecular weight is 279 g/mol. The minimum Gasteiger partial charge on any atom is -0.601 e. The van der Waals surface area contributed by atoms with Gasteiger partial charge in [-0.3, -0.25) is 4.79 Å². The summed E-state index contributed by atoms with van der Waals surface area (Å²) in [5.74, 6) is 0.292. The molecule has 0 saturated heterocycles. The lowest BCUT2D eigenvalue weighted by atomic mass is 10.1. The van der Waals surface area contributed by atoms with Gasteiger partial charge in [-0.25, -0.2) is 10.2 Å². The Balaban J connectivity index is 2.16. The number of nitrogens with one attached hydrogen (secondary N) is 3. The van der Waals surface area contributed by atoms with Crippen molar-refractivity contribution in [3.8, 4) is 0 Å². The molecule has 1 aliphatic rings. The van der Waals surface area contributed by atoms with Gasteiger partial charge in [-0.2, -0.15) is 0 Å². The number of hydrogen-bond acceptors (Lipinski definition) is 4. The topological polar surface area (TPSA) is 78.9 Å². The molecule has 0 spiro atoms. The van der Waals surface area contributed by atoms with Gasteiger partial charge >= 0.3 is 0 Å². The molecule has 0 aliphatic carbocycles. The summed E-state index contributed by atoms with van der Waals surface area (Å²) in [5, 5.41) is 16.2. The highest BCUT2D eigenvalue weighted by Gasteiger charge is 2.28. The Labute approximate surface area is 118 Å². The number of aromatic nitrogens is 1. The second-order valence-electron chi connectivity index (χ2n) is 5.36. The van der Waals surface area contributed by atoms with Crippen LogP contribution < -0.4 is 10.5 Å². The quantitative estimate of drug-likeness (QED) is 0.637. The Kier molecular flexibility index (Phi) is 4.12. The Morgan fingerprint density at radius 2 is 2.30 bits per heavy atom. The molecule has 0 radical (unpaired) electrons. The summed E-state index contributed by atoms with van der Waals surface area (Å²) >= 11 is 0. The fraction of sp³-hybridized carbons (Fsp3) is 0.462. The van der Waals surface area contributed by atoms with E-state index in [4.69, 9.17) is 0 Å². The highest BCUT2D eigenvalue weighted by molar-refractivity contribution is 6.20. The smallest absolute Gasteiger partial charge is 0.254 e. The molecule has 2 rings (SSSR count). The van der Waals surface area contributed by atoms with Crippen LogP contribution in [-0.2, 0) is 4.79 Å². The second kappa shape index (κ2) is 5.66. The maximum atomic E-state index is 12.4. The molecule has 20 heavy (non-hydrogen) atoms. The lowest BCUT2D eigenvalue weighted by Crippen LogP contribution is -3.08. The second-order valence-corrected chi connectivity index (χ2v) is 5.36. The number of carbonyl (C=O) groups excluding carboxylic acids is 1. The third kappa shape index (κ3) is 2.84. The first-order valence-corrected chi connectivity index (χ1v) is 6.52. The molecule has 0 fully saturated rings. The zero-order valence-corrected chi connectivity index (χ0v) is 12.2. The van der Waals surface area contributed by atoms with Crippen LogP contribution in [0.5, 0.6) is 0 Å². The van der Waals surface area contributed by atoms with Crippen molar-refractivity contribution in [2.45, 2.75) is 13.0 Å². The number of fused-ring (bicyclic) bond motifs is 1. The number of rotatable bonds is 4. The minimum absolute atomic E-state index is 0.0312. The fourth-order valence-corrected chi connectivity index (χ4v) is 2.34. The van der Waals surface area contributed by atoms with Crippen molar-refractivity contribution in [2.75, 3.05) is 27.7 Å². The van der Waals surface area contributed by atoms with Gasteiger partial charge in [0.25, 0.3) is 5.91 Å². The molecule has 2 unspecified atom stereocenters. The number of amides is 1. The third-order valence-corrected chi connectivity index (χ3v) is 3.16. The van der Waals surface area contributed by atoms with Gasteiger partial charge in [-0.1, -0.05) is 0 Å². The molecular weight excluding hydrogens is 258 g/mol. The molecule has 0 bridgehead atoms. The minimum atomic E-state index is -0.167. The van der Waals surface area contributed by atoms with Gasteiger partial charge in [0.05, 0.1) is 24.4 Å². The lowest BCUT2D eigenvalue weighted by Gasteiger charge is -2.33. The molecule has 110 valence electrons. The molecule has 2 atom stereocenters. The van der Waals surface area contributed by atoms with E-state index in [-0.39, 0.29) is 17.1 Å². The van der Waals surface area contributed by atoms with Crippen molar-refractivity contribution >= 4 is 17.3 Å². The summed E-state index contributed by atoms with van der Waals surface area (Å²) in [6.45, 7) is 2.71. The van der Waals surface area contributed by atoms with E-state index >= 15 is 0 Å². The van der Waals surface area contributed by atoms with Gasteiger partial charge in [0.2, 0.25) is 5.82 Å². The Bertz CT molecular complexity index is 523. The molecule has 3 N–H and O–H groups in total. The predicted octanol–water partition coefficient (Wildman–Crippen LogP) is -0.703. The van der Waals surface area contributed by atoms with Crippen molar-refractivity contribution in [3.05, 3.63) is 29.2 Å². The van der Waals surface area contributed by atoms with E-state index in [0.717, 1.165) is 6.54 Å². The fourth-order valence-electron chi connectivity index (χ4n) is 2.34. The van der Waals surface area contributed by atoms with Crippen molar-refractivity contribution < 1.29 is 9.97 Å². The highest BCUT2D eigenvalue weighted by Crippen LogP contribution is 2.23. The SMILES string of the molecule is CC(CN(C)C)NC(=O)C1=CN(C)[NH+]([O-])c2[nH]ccc21. The molecule has 1 amide bonds. The normalized spacial score (nSPS) is 19.6. The molecule has 0 aromatic carbocycles. The summed E-state index contributed by atoms with van der Waals surface area (Å²) in [5.41, 5.74) is 1.16. The van der Waals surface area contributed by atoms with Crippen LogP contribution in [0.15, 0.2) is 18.5 Å². The number of aromatic amines is 1. The van der Waals surface area contributed by atoms with Crippen LogP contribution in [0.4, 0.5) is 5.82 Å². The van der Waals surface area contributed by atoms with Crippen LogP contribution in [0.1, 0.15) is 12.5 Å². The maximum absolute atomic E-state index is 12.4.